The van der Waals surface area contributed by atoms with Crippen LogP contribution in [0.15, 0.2) is 35.1 Å². The summed E-state index contributed by atoms with van der Waals surface area (Å²) in [4.78, 5) is 23.7. The molecule has 1 aromatic carbocycles. The van der Waals surface area contributed by atoms with Crippen molar-refractivity contribution in [1.29, 1.82) is 0 Å². The van der Waals surface area contributed by atoms with Gasteiger partial charge in [0.2, 0.25) is 5.91 Å². The molecule has 0 unspecified atom stereocenters. The van der Waals surface area contributed by atoms with Crippen LogP contribution in [0.1, 0.15) is 30.0 Å². The minimum absolute atomic E-state index is 0.260. The van der Waals surface area contributed by atoms with E-state index in [1.165, 1.54) is 6.07 Å². The molecule has 5 nitrogen and oxygen atoms in total. The predicted molar refractivity (Wildman–Crippen MR) is 80.5 cm³/mol. The molecule has 1 saturated carbocycles. The number of alkyl halides is 3. The van der Waals surface area contributed by atoms with Crippen LogP contribution in [0, 0.1) is 5.82 Å². The minimum atomic E-state index is -4.87. The number of nitrogens with one attached hydrogen (secondary N) is 1. The summed E-state index contributed by atoms with van der Waals surface area (Å²) >= 11 is 0. The van der Waals surface area contributed by atoms with Crippen LogP contribution in [-0.4, -0.2) is 15.7 Å². The molecule has 0 radical (unpaired) electrons. The van der Waals surface area contributed by atoms with Crippen LogP contribution in [0.2, 0.25) is 0 Å². The second-order valence-corrected chi connectivity index (χ2v) is 5.74. The molecule has 0 saturated heterocycles. The van der Waals surface area contributed by atoms with Gasteiger partial charge in [0.1, 0.15) is 6.54 Å². The number of carbonyl (C=O) groups excluding carboxylic acids is 1. The lowest BCUT2D eigenvalue weighted by Gasteiger charge is -2.12. The van der Waals surface area contributed by atoms with Crippen molar-refractivity contribution in [3.63, 3.8) is 0 Å². The minimum Gasteiger partial charge on any atom is -0.322 e. The van der Waals surface area contributed by atoms with Gasteiger partial charge in [0.25, 0.3) is 5.56 Å². The molecule has 0 atom stereocenters. The molecule has 1 N–H and O–H groups in total. The number of halogens is 4. The van der Waals surface area contributed by atoms with E-state index in [9.17, 15) is 27.2 Å². The first-order valence-corrected chi connectivity index (χ1v) is 7.49. The SMILES string of the molecule is O=C(Cn1nc(C2CC2)ccc1=O)Nc1cccc(C(F)(F)F)c1F. The highest BCUT2D eigenvalue weighted by Gasteiger charge is 2.35. The second-order valence-electron chi connectivity index (χ2n) is 5.74. The summed E-state index contributed by atoms with van der Waals surface area (Å²) in [6, 6.07) is 5.44. The number of carbonyl (C=O) groups is 1. The largest absolute Gasteiger partial charge is 0.419 e. The van der Waals surface area contributed by atoms with Crippen molar-refractivity contribution < 1.29 is 22.4 Å². The Kier molecular flexibility index (Phi) is 4.32. The van der Waals surface area contributed by atoms with Crippen molar-refractivity contribution in [2.24, 2.45) is 0 Å². The zero-order valence-corrected chi connectivity index (χ0v) is 12.8. The molecule has 0 bridgehead atoms. The van der Waals surface area contributed by atoms with Gasteiger partial charge in [0.05, 0.1) is 16.9 Å². The Bertz CT molecular complexity index is 872. The average Bonchev–Trinajstić information content (AvgIpc) is 3.35. The Hall–Kier alpha value is -2.71. The fraction of sp³-hybridized carbons (Fsp3) is 0.312. The monoisotopic (exact) mass is 355 g/mol. The third-order valence-electron chi connectivity index (χ3n) is 3.75. The van der Waals surface area contributed by atoms with Gasteiger partial charge < -0.3 is 5.32 Å². The van der Waals surface area contributed by atoms with E-state index in [1.807, 2.05) is 5.32 Å². The number of rotatable bonds is 4. The Morgan fingerprint density at radius 2 is 1.96 bits per heavy atom. The highest BCUT2D eigenvalue weighted by Crippen LogP contribution is 2.38. The topological polar surface area (TPSA) is 64.0 Å². The number of nitrogens with zero attached hydrogens (tertiary/aromatic N) is 2. The quantitative estimate of drug-likeness (QED) is 0.858. The van der Waals surface area contributed by atoms with Gasteiger partial charge in [-0.1, -0.05) is 6.07 Å². The first-order chi connectivity index (χ1) is 11.8. The van der Waals surface area contributed by atoms with Crippen molar-refractivity contribution in [3.8, 4) is 0 Å². The fourth-order valence-electron chi connectivity index (χ4n) is 2.35. The maximum Gasteiger partial charge on any atom is 0.419 e. The molecule has 0 spiro atoms. The van der Waals surface area contributed by atoms with Gasteiger partial charge in [-0.05, 0) is 31.0 Å². The van der Waals surface area contributed by atoms with E-state index in [-0.39, 0.29) is 5.92 Å². The Morgan fingerprint density at radius 3 is 2.60 bits per heavy atom. The Balaban J connectivity index is 1.78. The van der Waals surface area contributed by atoms with Crippen molar-refractivity contribution in [3.05, 3.63) is 57.8 Å². The number of anilines is 1. The zero-order chi connectivity index (χ0) is 18.2. The van der Waals surface area contributed by atoms with E-state index >= 15 is 0 Å². The average molecular weight is 355 g/mol. The predicted octanol–water partition coefficient (Wildman–Crippen LogP) is 2.92. The van der Waals surface area contributed by atoms with Crippen LogP contribution in [-0.2, 0) is 17.5 Å². The summed E-state index contributed by atoms with van der Waals surface area (Å²) in [5, 5.41) is 6.11. The molecule has 1 aliphatic carbocycles. The highest BCUT2D eigenvalue weighted by atomic mass is 19.4. The molecular formula is C16H13F4N3O2. The fourth-order valence-corrected chi connectivity index (χ4v) is 2.35. The third kappa shape index (κ3) is 3.86. The van der Waals surface area contributed by atoms with Crippen LogP contribution in [0.5, 0.6) is 0 Å². The summed E-state index contributed by atoms with van der Waals surface area (Å²) < 4.78 is 52.9. The molecule has 9 heteroatoms. The molecule has 1 fully saturated rings. The van der Waals surface area contributed by atoms with Gasteiger partial charge >= 0.3 is 6.18 Å². The third-order valence-corrected chi connectivity index (χ3v) is 3.75. The maximum absolute atomic E-state index is 13.9. The van der Waals surface area contributed by atoms with E-state index in [4.69, 9.17) is 0 Å². The molecule has 1 aliphatic rings. The number of amides is 1. The lowest BCUT2D eigenvalue weighted by atomic mass is 10.1. The van der Waals surface area contributed by atoms with Gasteiger partial charge in [0.15, 0.2) is 5.82 Å². The second kappa shape index (κ2) is 6.30. The first kappa shape index (κ1) is 17.1. The Labute approximate surface area is 139 Å². The zero-order valence-electron chi connectivity index (χ0n) is 12.8. The molecule has 3 rings (SSSR count). The van der Waals surface area contributed by atoms with Crippen LogP contribution in [0.4, 0.5) is 23.2 Å². The number of hydrogen-bond donors (Lipinski definition) is 1. The highest BCUT2D eigenvalue weighted by molar-refractivity contribution is 5.90. The number of benzene rings is 1. The van der Waals surface area contributed by atoms with E-state index in [0.717, 1.165) is 29.7 Å². The smallest absolute Gasteiger partial charge is 0.322 e. The lowest BCUT2D eigenvalue weighted by molar-refractivity contribution is -0.140. The van der Waals surface area contributed by atoms with E-state index < -0.39 is 41.3 Å². The van der Waals surface area contributed by atoms with Gasteiger partial charge in [-0.2, -0.15) is 18.3 Å². The molecule has 1 amide bonds. The van der Waals surface area contributed by atoms with Gasteiger partial charge in [0, 0.05) is 12.0 Å². The van der Waals surface area contributed by atoms with E-state index in [0.29, 0.717) is 11.8 Å². The van der Waals surface area contributed by atoms with E-state index in [2.05, 4.69) is 5.10 Å². The van der Waals surface area contributed by atoms with Crippen LogP contribution in [0.25, 0.3) is 0 Å². The van der Waals surface area contributed by atoms with Crippen LogP contribution < -0.4 is 10.9 Å². The molecular weight excluding hydrogens is 342 g/mol. The maximum atomic E-state index is 13.9. The summed E-state index contributed by atoms with van der Waals surface area (Å²) in [7, 11) is 0. The van der Waals surface area contributed by atoms with Gasteiger partial charge in [-0.3, -0.25) is 9.59 Å². The first-order valence-electron chi connectivity index (χ1n) is 7.49. The van der Waals surface area contributed by atoms with Gasteiger partial charge in [-0.15, -0.1) is 0 Å². The normalized spacial score (nSPS) is 14.4. The Morgan fingerprint density at radius 1 is 1.24 bits per heavy atom. The molecule has 25 heavy (non-hydrogen) atoms. The van der Waals surface area contributed by atoms with Crippen molar-refractivity contribution in [2.45, 2.75) is 31.5 Å². The summed E-state index contributed by atoms with van der Waals surface area (Å²) in [6.07, 6.45) is -2.97. The van der Waals surface area contributed by atoms with Crippen molar-refractivity contribution in [2.75, 3.05) is 5.32 Å². The summed E-state index contributed by atoms with van der Waals surface area (Å²) in [5.41, 5.74) is -1.93. The molecule has 0 aliphatic heterocycles. The number of hydrogen-bond acceptors (Lipinski definition) is 3. The van der Waals surface area contributed by atoms with Gasteiger partial charge in [-0.25, -0.2) is 9.07 Å². The molecule has 132 valence electrons. The van der Waals surface area contributed by atoms with Crippen LogP contribution >= 0.6 is 0 Å². The summed E-state index contributed by atoms with van der Waals surface area (Å²) in [6.45, 7) is -0.519. The van der Waals surface area contributed by atoms with E-state index in [1.54, 1.807) is 6.07 Å². The van der Waals surface area contributed by atoms with Crippen molar-refractivity contribution >= 4 is 11.6 Å². The summed E-state index contributed by atoms with van der Waals surface area (Å²) in [5.74, 6) is -2.16. The lowest BCUT2D eigenvalue weighted by Crippen LogP contribution is -2.30. The van der Waals surface area contributed by atoms with Crippen LogP contribution in [0.3, 0.4) is 0 Å². The molecule has 1 heterocycles. The molecule has 2 aromatic rings. The van der Waals surface area contributed by atoms with Crippen molar-refractivity contribution in [1.82, 2.24) is 9.78 Å². The number of aromatic nitrogens is 2. The standard InChI is InChI=1S/C16H13F4N3O2/c17-15-10(16(18,19)20)2-1-3-12(15)21-13(24)8-23-14(25)7-6-11(22-23)9-4-5-9/h1-3,6-7,9H,4-5,8H2,(H,21,24). The molecule has 1 aromatic heterocycles.